The van der Waals surface area contributed by atoms with Crippen molar-refractivity contribution in [2.75, 3.05) is 20.3 Å². The van der Waals surface area contributed by atoms with Crippen LogP contribution in [0.15, 0.2) is 16.9 Å². The molecular weight excluding hydrogens is 186 g/mol. The topological polar surface area (TPSA) is 84.1 Å². The van der Waals surface area contributed by atoms with E-state index in [2.05, 4.69) is 15.5 Å². The van der Waals surface area contributed by atoms with E-state index in [1.807, 2.05) is 0 Å². The van der Waals surface area contributed by atoms with Crippen LogP contribution in [0.4, 0.5) is 0 Å². The van der Waals surface area contributed by atoms with Crippen molar-refractivity contribution in [1.29, 1.82) is 0 Å². The van der Waals surface area contributed by atoms with E-state index in [9.17, 15) is 9.59 Å². The Bertz CT molecular complexity index is 341. The summed E-state index contributed by atoms with van der Waals surface area (Å²) >= 11 is 0. The Morgan fingerprint density at radius 1 is 1.64 bits per heavy atom. The standard InChI is InChI=1S/C8H11N3O3/c1-14-5-4-9-8(13)6-2-3-7(12)11-10-6/h2-3H,4-5H2,1H3,(H,9,13)(H,11,12). The van der Waals surface area contributed by atoms with Gasteiger partial charge in [-0.1, -0.05) is 0 Å². The van der Waals surface area contributed by atoms with Gasteiger partial charge in [0.05, 0.1) is 6.61 Å². The monoisotopic (exact) mass is 197 g/mol. The molecule has 0 aliphatic carbocycles. The van der Waals surface area contributed by atoms with E-state index in [4.69, 9.17) is 4.74 Å². The number of nitrogens with zero attached hydrogens (tertiary/aromatic N) is 1. The van der Waals surface area contributed by atoms with Gasteiger partial charge < -0.3 is 10.1 Å². The number of carbonyl (C=O) groups excluding carboxylic acids is 1. The van der Waals surface area contributed by atoms with Crippen molar-refractivity contribution in [2.45, 2.75) is 0 Å². The zero-order chi connectivity index (χ0) is 10.4. The van der Waals surface area contributed by atoms with E-state index in [0.717, 1.165) is 0 Å². The molecule has 0 aliphatic rings. The highest BCUT2D eigenvalue weighted by molar-refractivity contribution is 5.91. The lowest BCUT2D eigenvalue weighted by atomic mass is 10.3. The molecule has 14 heavy (non-hydrogen) atoms. The van der Waals surface area contributed by atoms with Gasteiger partial charge in [-0.15, -0.1) is 0 Å². The average Bonchev–Trinajstić information content (AvgIpc) is 2.19. The zero-order valence-corrected chi connectivity index (χ0v) is 7.74. The number of H-pyrrole nitrogens is 1. The number of nitrogens with one attached hydrogen (secondary N) is 2. The molecule has 2 N–H and O–H groups in total. The van der Waals surface area contributed by atoms with Crippen LogP contribution in [0, 0.1) is 0 Å². The van der Waals surface area contributed by atoms with Gasteiger partial charge >= 0.3 is 0 Å². The number of carbonyl (C=O) groups is 1. The second-order valence-corrected chi connectivity index (χ2v) is 2.56. The molecule has 1 aromatic heterocycles. The molecule has 0 atom stereocenters. The molecule has 0 saturated heterocycles. The maximum absolute atomic E-state index is 11.3. The van der Waals surface area contributed by atoms with Crippen LogP contribution >= 0.6 is 0 Å². The third kappa shape index (κ3) is 2.98. The summed E-state index contributed by atoms with van der Waals surface area (Å²) in [5.41, 5.74) is -0.154. The summed E-state index contributed by atoms with van der Waals surface area (Å²) in [6.07, 6.45) is 0. The molecule has 0 saturated carbocycles. The number of hydrogen-bond acceptors (Lipinski definition) is 4. The summed E-state index contributed by atoms with van der Waals surface area (Å²) < 4.78 is 4.75. The number of methoxy groups -OCH3 is 1. The lowest BCUT2D eigenvalue weighted by molar-refractivity contribution is 0.0931. The molecule has 0 radical (unpaired) electrons. The Morgan fingerprint density at radius 3 is 3.00 bits per heavy atom. The molecule has 1 aromatic rings. The molecule has 1 heterocycles. The Labute approximate surface area is 80.3 Å². The summed E-state index contributed by atoms with van der Waals surface area (Å²) in [5.74, 6) is -0.335. The van der Waals surface area contributed by atoms with E-state index >= 15 is 0 Å². The van der Waals surface area contributed by atoms with E-state index in [0.29, 0.717) is 13.2 Å². The van der Waals surface area contributed by atoms with Gasteiger partial charge in [-0.05, 0) is 6.07 Å². The third-order valence-electron chi connectivity index (χ3n) is 1.50. The first kappa shape index (κ1) is 10.4. The van der Waals surface area contributed by atoms with E-state index in [-0.39, 0.29) is 17.2 Å². The van der Waals surface area contributed by atoms with E-state index in [1.165, 1.54) is 12.1 Å². The second kappa shape index (κ2) is 5.13. The normalized spacial score (nSPS) is 9.79. The Hall–Kier alpha value is -1.69. The predicted molar refractivity (Wildman–Crippen MR) is 49.1 cm³/mol. The quantitative estimate of drug-likeness (QED) is 0.615. The van der Waals surface area contributed by atoms with Crippen LogP contribution in [0.3, 0.4) is 0 Å². The van der Waals surface area contributed by atoms with Gasteiger partial charge in [0.25, 0.3) is 11.5 Å². The summed E-state index contributed by atoms with van der Waals surface area (Å²) in [5, 5.41) is 8.31. The summed E-state index contributed by atoms with van der Waals surface area (Å²) in [6, 6.07) is 2.61. The minimum Gasteiger partial charge on any atom is -0.383 e. The highest BCUT2D eigenvalue weighted by Crippen LogP contribution is 1.87. The maximum Gasteiger partial charge on any atom is 0.271 e. The second-order valence-electron chi connectivity index (χ2n) is 2.56. The summed E-state index contributed by atoms with van der Waals surface area (Å²) in [6.45, 7) is 0.852. The van der Waals surface area contributed by atoms with Gasteiger partial charge in [0.2, 0.25) is 0 Å². The SMILES string of the molecule is COCCNC(=O)c1ccc(=O)[nH]n1. The number of amides is 1. The van der Waals surface area contributed by atoms with Crippen LogP contribution in [0.1, 0.15) is 10.5 Å². The molecule has 0 aromatic carbocycles. The molecule has 76 valence electrons. The minimum absolute atomic E-state index is 0.181. The molecule has 6 heteroatoms. The highest BCUT2D eigenvalue weighted by Gasteiger charge is 2.05. The van der Waals surface area contributed by atoms with E-state index < -0.39 is 0 Å². The van der Waals surface area contributed by atoms with Gasteiger partial charge in [0, 0.05) is 19.7 Å². The van der Waals surface area contributed by atoms with Crippen LogP contribution in [0.2, 0.25) is 0 Å². The van der Waals surface area contributed by atoms with Crippen molar-refractivity contribution < 1.29 is 9.53 Å². The number of hydrogen-bond donors (Lipinski definition) is 2. The smallest absolute Gasteiger partial charge is 0.271 e. The Kier molecular flexibility index (Phi) is 3.81. The van der Waals surface area contributed by atoms with Gasteiger partial charge in [-0.25, -0.2) is 5.10 Å². The van der Waals surface area contributed by atoms with E-state index in [1.54, 1.807) is 7.11 Å². The zero-order valence-electron chi connectivity index (χ0n) is 7.74. The first-order valence-electron chi connectivity index (χ1n) is 4.07. The number of rotatable bonds is 4. The van der Waals surface area contributed by atoms with Crippen LogP contribution in [-0.2, 0) is 4.74 Å². The summed E-state index contributed by atoms with van der Waals surface area (Å²) in [7, 11) is 1.55. The fourth-order valence-electron chi connectivity index (χ4n) is 0.828. The Morgan fingerprint density at radius 2 is 2.43 bits per heavy atom. The highest BCUT2D eigenvalue weighted by atomic mass is 16.5. The largest absolute Gasteiger partial charge is 0.383 e. The van der Waals surface area contributed by atoms with Crippen molar-refractivity contribution in [3.63, 3.8) is 0 Å². The minimum atomic E-state index is -0.335. The molecule has 0 spiro atoms. The third-order valence-corrected chi connectivity index (χ3v) is 1.50. The lowest BCUT2D eigenvalue weighted by Gasteiger charge is -2.02. The Balaban J connectivity index is 2.52. The lowest BCUT2D eigenvalue weighted by Crippen LogP contribution is -2.28. The molecule has 1 rings (SSSR count). The van der Waals surface area contributed by atoms with Gasteiger partial charge in [0.15, 0.2) is 0 Å². The van der Waals surface area contributed by atoms with Crippen molar-refractivity contribution in [3.05, 3.63) is 28.2 Å². The number of aromatic amines is 1. The average molecular weight is 197 g/mol. The van der Waals surface area contributed by atoms with Crippen molar-refractivity contribution >= 4 is 5.91 Å². The maximum atomic E-state index is 11.3. The van der Waals surface area contributed by atoms with Crippen molar-refractivity contribution in [3.8, 4) is 0 Å². The first-order chi connectivity index (χ1) is 6.74. The fraction of sp³-hybridized carbons (Fsp3) is 0.375. The van der Waals surface area contributed by atoms with Gasteiger partial charge in [-0.3, -0.25) is 9.59 Å². The van der Waals surface area contributed by atoms with Crippen LogP contribution in [-0.4, -0.2) is 36.4 Å². The molecule has 6 nitrogen and oxygen atoms in total. The van der Waals surface area contributed by atoms with Crippen LogP contribution in [0.25, 0.3) is 0 Å². The first-order valence-corrected chi connectivity index (χ1v) is 4.07. The van der Waals surface area contributed by atoms with Crippen molar-refractivity contribution in [1.82, 2.24) is 15.5 Å². The fourth-order valence-corrected chi connectivity index (χ4v) is 0.828. The molecule has 1 amide bonds. The predicted octanol–water partition coefficient (Wildman–Crippen LogP) is -0.854. The van der Waals surface area contributed by atoms with Gasteiger partial charge in [-0.2, -0.15) is 5.10 Å². The summed E-state index contributed by atoms with van der Waals surface area (Å²) in [4.78, 5) is 21.9. The number of aromatic nitrogens is 2. The number of ether oxygens (including phenoxy) is 1. The van der Waals surface area contributed by atoms with Crippen molar-refractivity contribution in [2.24, 2.45) is 0 Å². The molecule has 0 fully saturated rings. The molecule has 0 aliphatic heterocycles. The molecule has 0 unspecified atom stereocenters. The van der Waals surface area contributed by atoms with Crippen LogP contribution in [0.5, 0.6) is 0 Å². The van der Waals surface area contributed by atoms with Crippen LogP contribution < -0.4 is 10.9 Å². The molecule has 0 bridgehead atoms. The van der Waals surface area contributed by atoms with Gasteiger partial charge in [0.1, 0.15) is 5.69 Å². The molecular formula is C8H11N3O3.